The van der Waals surface area contributed by atoms with Gasteiger partial charge in [0, 0.05) is 17.7 Å². The molecule has 3 aromatic rings. The first-order chi connectivity index (χ1) is 13.2. The average Bonchev–Trinajstić information content (AvgIpc) is 3.11. The van der Waals surface area contributed by atoms with Crippen LogP contribution in [0.4, 0.5) is 17.4 Å². The Kier molecular flexibility index (Phi) is 4.81. The van der Waals surface area contributed by atoms with Crippen molar-refractivity contribution in [1.29, 1.82) is 0 Å². The molecule has 11 heteroatoms. The van der Waals surface area contributed by atoms with Crippen LogP contribution in [0.15, 0.2) is 40.8 Å². The molecule has 0 aliphatic rings. The number of rotatable bonds is 5. The first-order valence-electron chi connectivity index (χ1n) is 7.91. The highest BCUT2D eigenvalue weighted by atomic mass is 16.6. The summed E-state index contributed by atoms with van der Waals surface area (Å²) in [7, 11) is 0. The lowest BCUT2D eigenvalue weighted by molar-refractivity contribution is -0.394. The molecule has 0 aliphatic carbocycles. The van der Waals surface area contributed by atoms with E-state index in [1.807, 2.05) is 32.0 Å². The van der Waals surface area contributed by atoms with E-state index in [4.69, 9.17) is 4.42 Å². The van der Waals surface area contributed by atoms with Gasteiger partial charge in [-0.05, 0) is 25.5 Å². The Bertz CT molecular complexity index is 1070. The van der Waals surface area contributed by atoms with Crippen LogP contribution in [0.3, 0.4) is 0 Å². The van der Waals surface area contributed by atoms with E-state index < -0.39 is 27.1 Å². The van der Waals surface area contributed by atoms with Crippen LogP contribution in [0, 0.1) is 34.1 Å². The molecule has 0 aliphatic heterocycles. The smallest absolute Gasteiger partial charge is 0.322 e. The third-order valence-corrected chi connectivity index (χ3v) is 3.86. The molecule has 28 heavy (non-hydrogen) atoms. The van der Waals surface area contributed by atoms with Gasteiger partial charge in [0.05, 0.1) is 21.5 Å². The Morgan fingerprint density at radius 1 is 1.00 bits per heavy atom. The molecule has 1 aromatic heterocycles. The van der Waals surface area contributed by atoms with Crippen molar-refractivity contribution in [1.82, 2.24) is 10.2 Å². The van der Waals surface area contributed by atoms with Crippen LogP contribution in [0.1, 0.15) is 21.5 Å². The molecule has 0 spiro atoms. The van der Waals surface area contributed by atoms with Gasteiger partial charge >= 0.3 is 6.01 Å². The Balaban J connectivity index is 1.88. The number of aryl methyl sites for hydroxylation is 2. The average molecular weight is 383 g/mol. The van der Waals surface area contributed by atoms with Gasteiger partial charge in [-0.1, -0.05) is 22.8 Å². The molecule has 2 aromatic carbocycles. The maximum absolute atomic E-state index is 12.3. The van der Waals surface area contributed by atoms with Crippen molar-refractivity contribution in [3.63, 3.8) is 0 Å². The summed E-state index contributed by atoms with van der Waals surface area (Å²) in [6.07, 6.45) is 0. The largest absolute Gasteiger partial charge is 0.403 e. The fourth-order valence-corrected chi connectivity index (χ4v) is 2.46. The molecule has 0 saturated carbocycles. The molecule has 1 heterocycles. The summed E-state index contributed by atoms with van der Waals surface area (Å²) in [5, 5.41) is 31.8. The highest BCUT2D eigenvalue weighted by Gasteiger charge is 2.21. The lowest BCUT2D eigenvalue weighted by Gasteiger charge is -2.03. The van der Waals surface area contributed by atoms with Crippen molar-refractivity contribution < 1.29 is 19.1 Å². The minimum atomic E-state index is -0.858. The second-order valence-corrected chi connectivity index (χ2v) is 5.94. The zero-order chi connectivity index (χ0) is 20.4. The van der Waals surface area contributed by atoms with E-state index in [-0.39, 0.29) is 17.5 Å². The van der Waals surface area contributed by atoms with E-state index in [2.05, 4.69) is 15.5 Å². The fraction of sp³-hybridized carbons (Fsp3) is 0.118. The van der Waals surface area contributed by atoms with Gasteiger partial charge in [-0.25, -0.2) is 0 Å². The Morgan fingerprint density at radius 2 is 1.64 bits per heavy atom. The summed E-state index contributed by atoms with van der Waals surface area (Å²) in [4.78, 5) is 32.6. The summed E-state index contributed by atoms with van der Waals surface area (Å²) in [6.45, 7) is 3.76. The molecule has 0 fully saturated rings. The number of hydrogen-bond donors (Lipinski definition) is 1. The number of benzene rings is 2. The second kappa shape index (κ2) is 7.23. The SMILES string of the molecule is Cc1ccc(C)c(-c2nnc(NC(=O)c3cc([N+](=O)[O-])cc([N+](=O)[O-])c3)o2)c1. The van der Waals surface area contributed by atoms with Gasteiger partial charge in [0.2, 0.25) is 5.89 Å². The number of hydrogen-bond acceptors (Lipinski definition) is 8. The van der Waals surface area contributed by atoms with Crippen molar-refractivity contribution >= 4 is 23.3 Å². The van der Waals surface area contributed by atoms with Crippen molar-refractivity contribution in [3.8, 4) is 11.5 Å². The number of amides is 1. The predicted molar refractivity (Wildman–Crippen MR) is 96.9 cm³/mol. The molecule has 11 nitrogen and oxygen atoms in total. The molecule has 0 radical (unpaired) electrons. The molecule has 1 N–H and O–H groups in total. The van der Waals surface area contributed by atoms with Gasteiger partial charge in [0.15, 0.2) is 0 Å². The second-order valence-electron chi connectivity index (χ2n) is 5.94. The third kappa shape index (κ3) is 3.82. The Morgan fingerprint density at radius 3 is 2.25 bits per heavy atom. The van der Waals surface area contributed by atoms with Crippen molar-refractivity contribution in [2.75, 3.05) is 5.32 Å². The molecule has 142 valence electrons. The first kappa shape index (κ1) is 18.6. The summed E-state index contributed by atoms with van der Waals surface area (Å²) in [5.41, 5.74) is 1.11. The van der Waals surface area contributed by atoms with Crippen LogP contribution in [0.5, 0.6) is 0 Å². The van der Waals surface area contributed by atoms with Crippen LogP contribution in [0.25, 0.3) is 11.5 Å². The van der Waals surface area contributed by atoms with E-state index >= 15 is 0 Å². The summed E-state index contributed by atoms with van der Waals surface area (Å²) < 4.78 is 5.43. The topological polar surface area (TPSA) is 154 Å². The monoisotopic (exact) mass is 383 g/mol. The number of nitrogens with one attached hydrogen (secondary N) is 1. The molecule has 0 atom stereocenters. The van der Waals surface area contributed by atoms with Gasteiger partial charge in [-0.2, -0.15) is 0 Å². The number of nitrogens with zero attached hydrogens (tertiary/aromatic N) is 4. The Hall–Kier alpha value is -4.15. The molecular formula is C17H13N5O6. The van der Waals surface area contributed by atoms with E-state index in [1.54, 1.807) is 0 Å². The predicted octanol–water partition coefficient (Wildman–Crippen LogP) is 3.42. The third-order valence-electron chi connectivity index (χ3n) is 3.86. The maximum Gasteiger partial charge on any atom is 0.322 e. The number of nitro benzene ring substituents is 2. The maximum atomic E-state index is 12.3. The van der Waals surface area contributed by atoms with Crippen molar-refractivity contribution in [2.24, 2.45) is 0 Å². The summed E-state index contributed by atoms with van der Waals surface area (Å²) in [5.74, 6) is -0.676. The van der Waals surface area contributed by atoms with Crippen LogP contribution in [-0.2, 0) is 0 Å². The number of aromatic nitrogens is 2. The molecular weight excluding hydrogens is 370 g/mol. The van der Waals surface area contributed by atoms with Crippen molar-refractivity contribution in [2.45, 2.75) is 13.8 Å². The minimum absolute atomic E-state index is 0.182. The zero-order valence-corrected chi connectivity index (χ0v) is 14.7. The number of anilines is 1. The molecule has 1 amide bonds. The van der Waals surface area contributed by atoms with Crippen LogP contribution in [-0.4, -0.2) is 26.0 Å². The highest BCUT2D eigenvalue weighted by molar-refractivity contribution is 6.04. The lowest BCUT2D eigenvalue weighted by atomic mass is 10.1. The van der Waals surface area contributed by atoms with Gasteiger partial charge in [0.25, 0.3) is 17.3 Å². The minimum Gasteiger partial charge on any atom is -0.403 e. The van der Waals surface area contributed by atoms with Crippen LogP contribution < -0.4 is 5.32 Å². The number of carbonyl (C=O) groups is 1. The number of carbonyl (C=O) groups excluding carboxylic acids is 1. The molecule has 3 rings (SSSR count). The molecule has 0 saturated heterocycles. The lowest BCUT2D eigenvalue weighted by Crippen LogP contribution is -2.13. The molecule has 0 unspecified atom stereocenters. The molecule has 0 bridgehead atoms. The first-order valence-corrected chi connectivity index (χ1v) is 7.91. The Labute approximate surface area is 157 Å². The highest BCUT2D eigenvalue weighted by Crippen LogP contribution is 2.26. The van der Waals surface area contributed by atoms with Crippen LogP contribution >= 0.6 is 0 Å². The normalized spacial score (nSPS) is 10.5. The van der Waals surface area contributed by atoms with E-state index in [0.29, 0.717) is 5.56 Å². The van der Waals surface area contributed by atoms with E-state index in [1.165, 1.54) is 0 Å². The number of non-ortho nitro benzene ring substituents is 2. The van der Waals surface area contributed by atoms with Gasteiger partial charge in [-0.3, -0.25) is 30.3 Å². The van der Waals surface area contributed by atoms with E-state index in [9.17, 15) is 25.0 Å². The quantitative estimate of drug-likeness (QED) is 0.519. The van der Waals surface area contributed by atoms with Gasteiger partial charge < -0.3 is 4.42 Å². The van der Waals surface area contributed by atoms with Gasteiger partial charge in [0.1, 0.15) is 0 Å². The summed E-state index contributed by atoms with van der Waals surface area (Å²) in [6, 6.07) is 8.02. The number of nitro groups is 2. The van der Waals surface area contributed by atoms with Gasteiger partial charge in [-0.15, -0.1) is 5.10 Å². The fourth-order valence-electron chi connectivity index (χ4n) is 2.46. The van der Waals surface area contributed by atoms with Crippen molar-refractivity contribution in [3.05, 3.63) is 73.3 Å². The van der Waals surface area contributed by atoms with E-state index in [0.717, 1.165) is 29.3 Å². The standard InChI is InChI=1S/C17H13N5O6/c1-9-3-4-10(2)14(5-9)16-19-20-17(28-16)18-15(23)11-6-12(21(24)25)8-13(7-11)22(26)27/h3-8H,1-2H3,(H,18,20,23). The zero-order valence-electron chi connectivity index (χ0n) is 14.7. The summed E-state index contributed by atoms with van der Waals surface area (Å²) >= 11 is 0. The van der Waals surface area contributed by atoms with Crippen LogP contribution in [0.2, 0.25) is 0 Å².